The van der Waals surface area contributed by atoms with Gasteiger partial charge in [0.2, 0.25) is 0 Å². The molecule has 0 spiro atoms. The number of rotatable bonds is 2. The predicted octanol–water partition coefficient (Wildman–Crippen LogP) is 0.704. The van der Waals surface area contributed by atoms with E-state index in [-0.39, 0.29) is 0 Å². The summed E-state index contributed by atoms with van der Waals surface area (Å²) in [5.41, 5.74) is -1.33. The maximum absolute atomic E-state index is 11.0. The molecule has 0 fully saturated rings. The average Bonchev–Trinajstić information content (AvgIpc) is 1.99. The Balaban J connectivity index is 3.64. The van der Waals surface area contributed by atoms with Crippen LogP contribution in [-0.4, -0.2) is 32.2 Å². The van der Waals surface area contributed by atoms with Crippen molar-refractivity contribution in [3.05, 3.63) is 17.2 Å². The van der Waals surface area contributed by atoms with Gasteiger partial charge in [0.05, 0.1) is 0 Å². The Morgan fingerprint density at radius 2 is 1.53 bits per heavy atom. The molecule has 0 unspecified atom stereocenters. The van der Waals surface area contributed by atoms with E-state index in [0.29, 0.717) is 6.07 Å². The van der Waals surface area contributed by atoms with Crippen molar-refractivity contribution in [3.8, 4) is 17.2 Å². The first-order chi connectivity index (χ1) is 6.86. The third-order valence-electron chi connectivity index (χ3n) is 1.83. The number of ketones is 1. The number of hydrogen-bond donors (Lipinski definition) is 4. The molecule has 0 heterocycles. The maximum Gasteiger partial charge on any atom is 0.343 e. The Hall–Kier alpha value is -2.24. The van der Waals surface area contributed by atoms with Gasteiger partial charge in [-0.2, -0.15) is 0 Å². The smallest absolute Gasteiger partial charge is 0.343 e. The van der Waals surface area contributed by atoms with Crippen molar-refractivity contribution in [2.75, 3.05) is 0 Å². The van der Waals surface area contributed by atoms with E-state index >= 15 is 0 Å². The van der Waals surface area contributed by atoms with Crippen LogP contribution in [0.1, 0.15) is 27.6 Å². The van der Waals surface area contributed by atoms with E-state index in [2.05, 4.69) is 0 Å². The maximum atomic E-state index is 11.0. The summed E-state index contributed by atoms with van der Waals surface area (Å²) in [6.45, 7) is 1.05. The Morgan fingerprint density at radius 3 is 1.93 bits per heavy atom. The molecule has 0 aromatic heterocycles. The van der Waals surface area contributed by atoms with Gasteiger partial charge < -0.3 is 20.4 Å². The zero-order chi connectivity index (χ0) is 11.7. The molecule has 1 aromatic carbocycles. The fourth-order valence-corrected chi connectivity index (χ4v) is 1.20. The SMILES string of the molecule is CC(=O)c1c(O)cc(O)c(C(=O)O)c1O. The number of phenols is 3. The summed E-state index contributed by atoms with van der Waals surface area (Å²) in [5.74, 6) is -4.70. The summed E-state index contributed by atoms with van der Waals surface area (Å²) in [5, 5.41) is 36.4. The Labute approximate surface area is 84.0 Å². The number of carbonyl (C=O) groups is 2. The highest BCUT2D eigenvalue weighted by Gasteiger charge is 2.24. The zero-order valence-corrected chi connectivity index (χ0v) is 7.68. The molecule has 15 heavy (non-hydrogen) atoms. The van der Waals surface area contributed by atoms with Gasteiger partial charge in [0.15, 0.2) is 5.78 Å². The molecule has 0 atom stereocenters. The molecule has 4 N–H and O–H groups in total. The monoisotopic (exact) mass is 212 g/mol. The standard InChI is InChI=1S/C9H8O6/c1-3(10)6-4(11)2-5(12)7(8(6)13)9(14)15/h2,11-13H,1H3,(H,14,15). The second-order valence-corrected chi connectivity index (χ2v) is 2.87. The van der Waals surface area contributed by atoms with Crippen LogP contribution in [0.4, 0.5) is 0 Å². The summed E-state index contributed by atoms with van der Waals surface area (Å²) in [7, 11) is 0. The van der Waals surface area contributed by atoms with Crippen LogP contribution >= 0.6 is 0 Å². The molecule has 0 bridgehead atoms. The fourth-order valence-electron chi connectivity index (χ4n) is 1.20. The molecule has 0 aliphatic heterocycles. The first-order valence-corrected chi connectivity index (χ1v) is 3.88. The van der Waals surface area contributed by atoms with Crippen LogP contribution in [0.25, 0.3) is 0 Å². The van der Waals surface area contributed by atoms with Crippen LogP contribution in [0.5, 0.6) is 17.2 Å². The molecule has 0 saturated heterocycles. The number of Topliss-reactive ketones (excluding diaryl/α,β-unsaturated/α-hetero) is 1. The van der Waals surface area contributed by atoms with Crippen molar-refractivity contribution in [2.24, 2.45) is 0 Å². The van der Waals surface area contributed by atoms with Gasteiger partial charge in [0.25, 0.3) is 0 Å². The molecule has 0 saturated carbocycles. The van der Waals surface area contributed by atoms with Gasteiger partial charge in [-0.1, -0.05) is 0 Å². The minimum atomic E-state index is -1.59. The van der Waals surface area contributed by atoms with Crippen molar-refractivity contribution in [1.82, 2.24) is 0 Å². The topological polar surface area (TPSA) is 115 Å². The first-order valence-electron chi connectivity index (χ1n) is 3.88. The molecular formula is C9H8O6. The van der Waals surface area contributed by atoms with Gasteiger partial charge in [-0.25, -0.2) is 4.79 Å². The number of benzene rings is 1. The quantitative estimate of drug-likeness (QED) is 0.536. The highest BCUT2D eigenvalue weighted by molar-refractivity contribution is 6.05. The van der Waals surface area contributed by atoms with Gasteiger partial charge in [0, 0.05) is 6.07 Å². The number of aromatic hydroxyl groups is 3. The lowest BCUT2D eigenvalue weighted by Gasteiger charge is -2.08. The summed E-state index contributed by atoms with van der Waals surface area (Å²) in [6, 6.07) is 0.694. The van der Waals surface area contributed by atoms with E-state index in [1.807, 2.05) is 0 Å². The molecule has 0 amide bonds. The largest absolute Gasteiger partial charge is 0.507 e. The van der Waals surface area contributed by atoms with E-state index in [4.69, 9.17) is 10.2 Å². The minimum absolute atomic E-state index is 0.523. The lowest BCUT2D eigenvalue weighted by molar-refractivity contribution is 0.0690. The van der Waals surface area contributed by atoms with Crippen LogP contribution in [0.15, 0.2) is 6.07 Å². The molecule has 6 heteroatoms. The van der Waals surface area contributed by atoms with E-state index in [0.717, 1.165) is 6.92 Å². The van der Waals surface area contributed by atoms with Gasteiger partial charge >= 0.3 is 5.97 Å². The van der Waals surface area contributed by atoms with Crippen LogP contribution in [-0.2, 0) is 0 Å². The van der Waals surface area contributed by atoms with Crippen LogP contribution < -0.4 is 0 Å². The zero-order valence-electron chi connectivity index (χ0n) is 7.68. The second-order valence-electron chi connectivity index (χ2n) is 2.87. The number of carboxylic acid groups (broad SMARTS) is 1. The Kier molecular flexibility index (Phi) is 2.52. The number of hydrogen-bond acceptors (Lipinski definition) is 5. The van der Waals surface area contributed by atoms with Gasteiger partial charge in [0.1, 0.15) is 28.4 Å². The lowest BCUT2D eigenvalue weighted by Crippen LogP contribution is -2.02. The molecule has 0 radical (unpaired) electrons. The number of phenolic OH excluding ortho intramolecular Hbond substituents is 1. The van der Waals surface area contributed by atoms with Crippen LogP contribution in [0.2, 0.25) is 0 Å². The molecule has 1 aromatic rings. The molecule has 1 rings (SSSR count). The third kappa shape index (κ3) is 1.69. The minimum Gasteiger partial charge on any atom is -0.507 e. The van der Waals surface area contributed by atoms with Gasteiger partial charge in [-0.3, -0.25) is 4.79 Å². The second kappa shape index (κ2) is 3.49. The Bertz CT molecular complexity index is 410. The van der Waals surface area contributed by atoms with Crippen LogP contribution in [0.3, 0.4) is 0 Å². The molecular weight excluding hydrogens is 204 g/mol. The predicted molar refractivity (Wildman–Crippen MR) is 48.4 cm³/mol. The third-order valence-corrected chi connectivity index (χ3v) is 1.83. The molecule has 80 valence electrons. The highest BCUT2D eigenvalue weighted by Crippen LogP contribution is 2.37. The van der Waals surface area contributed by atoms with Crippen molar-refractivity contribution in [1.29, 1.82) is 0 Å². The summed E-state index contributed by atoms with van der Waals surface area (Å²) >= 11 is 0. The van der Waals surface area contributed by atoms with E-state index in [1.54, 1.807) is 0 Å². The molecule has 6 nitrogen and oxygen atoms in total. The van der Waals surface area contributed by atoms with E-state index in [1.165, 1.54) is 0 Å². The van der Waals surface area contributed by atoms with Crippen LogP contribution in [0, 0.1) is 0 Å². The summed E-state index contributed by atoms with van der Waals surface area (Å²) in [6.07, 6.45) is 0. The van der Waals surface area contributed by atoms with Gasteiger partial charge in [-0.05, 0) is 6.92 Å². The molecule has 0 aliphatic rings. The normalized spacial score (nSPS) is 9.93. The summed E-state index contributed by atoms with van der Waals surface area (Å²) < 4.78 is 0. The average molecular weight is 212 g/mol. The van der Waals surface area contributed by atoms with E-state index < -0.39 is 40.1 Å². The van der Waals surface area contributed by atoms with Crippen molar-refractivity contribution in [2.45, 2.75) is 6.92 Å². The van der Waals surface area contributed by atoms with Gasteiger partial charge in [-0.15, -0.1) is 0 Å². The first kappa shape index (κ1) is 10.8. The van der Waals surface area contributed by atoms with Crippen molar-refractivity contribution < 1.29 is 30.0 Å². The van der Waals surface area contributed by atoms with E-state index in [9.17, 15) is 19.8 Å². The molecule has 0 aliphatic carbocycles. The Morgan fingerprint density at radius 1 is 1.07 bits per heavy atom. The summed E-state index contributed by atoms with van der Waals surface area (Å²) in [4.78, 5) is 21.6. The highest BCUT2D eigenvalue weighted by atomic mass is 16.4. The number of carboxylic acids is 1. The number of aromatic carboxylic acids is 1. The number of carbonyl (C=O) groups excluding carboxylic acids is 1. The lowest BCUT2D eigenvalue weighted by atomic mass is 10.0. The van der Waals surface area contributed by atoms with Crippen molar-refractivity contribution in [3.63, 3.8) is 0 Å². The fraction of sp³-hybridized carbons (Fsp3) is 0.111. The van der Waals surface area contributed by atoms with Crippen molar-refractivity contribution >= 4 is 11.8 Å².